The molecule has 5 rings (SSSR count). The fourth-order valence-electron chi connectivity index (χ4n) is 5.36. The van der Waals surface area contributed by atoms with Gasteiger partial charge < -0.3 is 5.32 Å². The van der Waals surface area contributed by atoms with Gasteiger partial charge in [0, 0.05) is 16.6 Å². The summed E-state index contributed by atoms with van der Waals surface area (Å²) in [5, 5.41) is 13.8. The molecule has 4 bridgehead atoms. The van der Waals surface area contributed by atoms with Crippen molar-refractivity contribution in [1.29, 1.82) is 0 Å². The molecule has 0 aliphatic heterocycles. The number of benzene rings is 1. The van der Waals surface area contributed by atoms with E-state index in [-0.39, 0.29) is 17.0 Å². The summed E-state index contributed by atoms with van der Waals surface area (Å²) < 4.78 is 0.560. The van der Waals surface area contributed by atoms with Crippen LogP contribution in [0.25, 0.3) is 0 Å². The van der Waals surface area contributed by atoms with Crippen molar-refractivity contribution < 1.29 is 9.72 Å². The van der Waals surface area contributed by atoms with Crippen molar-refractivity contribution in [2.75, 3.05) is 5.32 Å². The Morgan fingerprint density at radius 1 is 1.17 bits per heavy atom. The Balaban J connectivity index is 1.55. The first kappa shape index (κ1) is 15.1. The van der Waals surface area contributed by atoms with Crippen LogP contribution in [0.4, 0.5) is 11.4 Å². The van der Waals surface area contributed by atoms with Crippen molar-refractivity contribution in [3.63, 3.8) is 0 Å². The molecule has 1 aromatic carbocycles. The third kappa shape index (κ3) is 2.57. The van der Waals surface area contributed by atoms with Crippen molar-refractivity contribution in [2.45, 2.75) is 38.5 Å². The molecule has 4 aliphatic carbocycles. The molecule has 0 heterocycles. The van der Waals surface area contributed by atoms with Gasteiger partial charge in [0.05, 0.1) is 16.0 Å². The average molecular weight is 379 g/mol. The van der Waals surface area contributed by atoms with Gasteiger partial charge in [0.1, 0.15) is 0 Å². The van der Waals surface area contributed by atoms with E-state index in [0.717, 1.165) is 19.3 Å². The molecule has 0 radical (unpaired) electrons. The van der Waals surface area contributed by atoms with Crippen molar-refractivity contribution in [3.8, 4) is 0 Å². The predicted octanol–water partition coefficient (Wildman–Crippen LogP) is 4.51. The molecule has 0 spiro atoms. The van der Waals surface area contributed by atoms with Crippen LogP contribution in [0.15, 0.2) is 22.7 Å². The Bertz CT molecular complexity index is 653. The standard InChI is InChI=1S/C17H19BrN2O3/c18-14-6-13(20(22)23)1-2-15(14)19-16(21)17-7-10-3-11(8-17)5-12(4-10)9-17/h1-2,6,10-12H,3-5,7-9H2,(H,19,21). The second kappa shape index (κ2) is 5.30. The number of hydrogen-bond donors (Lipinski definition) is 1. The Kier molecular flexibility index (Phi) is 3.48. The van der Waals surface area contributed by atoms with Crippen LogP contribution in [0, 0.1) is 33.3 Å². The topological polar surface area (TPSA) is 72.2 Å². The van der Waals surface area contributed by atoms with E-state index in [1.165, 1.54) is 31.4 Å². The molecule has 4 fully saturated rings. The minimum Gasteiger partial charge on any atom is -0.325 e. The molecule has 1 aromatic rings. The molecule has 23 heavy (non-hydrogen) atoms. The molecular formula is C17H19BrN2O3. The van der Waals surface area contributed by atoms with Crippen LogP contribution in [0.1, 0.15) is 38.5 Å². The molecule has 0 saturated heterocycles. The van der Waals surface area contributed by atoms with E-state index in [1.54, 1.807) is 6.07 Å². The smallest absolute Gasteiger partial charge is 0.270 e. The van der Waals surface area contributed by atoms with Crippen LogP contribution in [-0.2, 0) is 4.79 Å². The van der Waals surface area contributed by atoms with Gasteiger partial charge in [-0.1, -0.05) is 0 Å². The highest BCUT2D eigenvalue weighted by molar-refractivity contribution is 9.10. The van der Waals surface area contributed by atoms with Crippen LogP contribution >= 0.6 is 15.9 Å². The number of non-ortho nitro benzene ring substituents is 1. The number of nitro benzene ring substituents is 1. The zero-order valence-corrected chi connectivity index (χ0v) is 14.3. The van der Waals surface area contributed by atoms with Crippen LogP contribution in [0.2, 0.25) is 0 Å². The number of nitro groups is 1. The maximum atomic E-state index is 13.0. The number of halogens is 1. The van der Waals surface area contributed by atoms with Gasteiger partial charge in [0.2, 0.25) is 5.91 Å². The second-order valence-corrected chi connectivity index (χ2v) is 8.43. The molecule has 4 saturated carbocycles. The predicted molar refractivity (Wildman–Crippen MR) is 90.0 cm³/mol. The number of nitrogens with one attached hydrogen (secondary N) is 1. The number of nitrogens with zero attached hydrogens (tertiary/aromatic N) is 1. The number of carbonyl (C=O) groups excluding carboxylic acids is 1. The van der Waals surface area contributed by atoms with Gasteiger partial charge in [-0.05, 0) is 78.3 Å². The summed E-state index contributed by atoms with van der Waals surface area (Å²) in [5.41, 5.74) is 0.428. The lowest BCUT2D eigenvalue weighted by atomic mass is 9.49. The molecule has 0 aromatic heterocycles. The molecule has 6 heteroatoms. The van der Waals surface area contributed by atoms with Gasteiger partial charge in [-0.15, -0.1) is 0 Å². The van der Waals surface area contributed by atoms with Gasteiger partial charge in [-0.2, -0.15) is 0 Å². The van der Waals surface area contributed by atoms with Crippen LogP contribution < -0.4 is 5.32 Å². The van der Waals surface area contributed by atoms with Crippen molar-refractivity contribution in [1.82, 2.24) is 0 Å². The van der Waals surface area contributed by atoms with Crippen LogP contribution in [0.5, 0.6) is 0 Å². The zero-order valence-electron chi connectivity index (χ0n) is 12.8. The highest BCUT2D eigenvalue weighted by atomic mass is 79.9. The normalized spacial score (nSPS) is 34.4. The highest BCUT2D eigenvalue weighted by Crippen LogP contribution is 2.60. The van der Waals surface area contributed by atoms with E-state index in [2.05, 4.69) is 21.2 Å². The first-order valence-electron chi connectivity index (χ1n) is 8.20. The molecule has 0 atom stereocenters. The lowest BCUT2D eigenvalue weighted by Gasteiger charge is -2.55. The molecule has 0 unspecified atom stereocenters. The fraction of sp³-hybridized carbons (Fsp3) is 0.588. The highest BCUT2D eigenvalue weighted by Gasteiger charge is 2.54. The summed E-state index contributed by atoms with van der Waals surface area (Å²) in [6.45, 7) is 0. The Hall–Kier alpha value is -1.43. The van der Waals surface area contributed by atoms with E-state index in [9.17, 15) is 14.9 Å². The molecule has 4 aliphatic rings. The third-order valence-electron chi connectivity index (χ3n) is 5.93. The average Bonchev–Trinajstić information content (AvgIpc) is 2.47. The van der Waals surface area contributed by atoms with E-state index in [0.29, 0.717) is 27.9 Å². The number of hydrogen-bond acceptors (Lipinski definition) is 3. The SMILES string of the molecule is O=C(Nc1ccc([N+](=O)[O-])cc1Br)C12CC3CC(CC(C3)C1)C2. The Morgan fingerprint density at radius 3 is 2.22 bits per heavy atom. The number of rotatable bonds is 3. The van der Waals surface area contributed by atoms with Gasteiger partial charge in [-0.25, -0.2) is 0 Å². The van der Waals surface area contributed by atoms with E-state index in [1.807, 2.05) is 0 Å². The Labute approximate surface area is 143 Å². The minimum atomic E-state index is -0.435. The molecular weight excluding hydrogens is 360 g/mol. The maximum absolute atomic E-state index is 13.0. The van der Waals surface area contributed by atoms with Crippen molar-refractivity contribution in [2.24, 2.45) is 23.2 Å². The minimum absolute atomic E-state index is 0.0182. The molecule has 122 valence electrons. The van der Waals surface area contributed by atoms with Gasteiger partial charge >= 0.3 is 0 Å². The van der Waals surface area contributed by atoms with Crippen LogP contribution in [-0.4, -0.2) is 10.8 Å². The van der Waals surface area contributed by atoms with Crippen LogP contribution in [0.3, 0.4) is 0 Å². The third-order valence-corrected chi connectivity index (χ3v) is 6.59. The number of amides is 1. The Morgan fingerprint density at radius 2 is 1.74 bits per heavy atom. The summed E-state index contributed by atoms with van der Waals surface area (Å²) in [7, 11) is 0. The van der Waals surface area contributed by atoms with Gasteiger partial charge in [0.15, 0.2) is 0 Å². The first-order chi connectivity index (χ1) is 10.9. The summed E-state index contributed by atoms with van der Waals surface area (Å²) >= 11 is 3.33. The maximum Gasteiger partial charge on any atom is 0.270 e. The summed E-state index contributed by atoms with van der Waals surface area (Å²) in [6, 6.07) is 4.48. The lowest BCUT2D eigenvalue weighted by molar-refractivity contribution is -0.384. The quantitative estimate of drug-likeness (QED) is 0.620. The zero-order chi connectivity index (χ0) is 16.2. The molecule has 1 N–H and O–H groups in total. The monoisotopic (exact) mass is 378 g/mol. The van der Waals surface area contributed by atoms with E-state index in [4.69, 9.17) is 0 Å². The van der Waals surface area contributed by atoms with E-state index < -0.39 is 4.92 Å². The summed E-state index contributed by atoms with van der Waals surface area (Å²) in [4.78, 5) is 23.3. The second-order valence-electron chi connectivity index (χ2n) is 7.57. The first-order valence-corrected chi connectivity index (χ1v) is 9.00. The number of anilines is 1. The summed E-state index contributed by atoms with van der Waals surface area (Å²) in [5.74, 6) is 2.25. The largest absolute Gasteiger partial charge is 0.325 e. The van der Waals surface area contributed by atoms with Gasteiger partial charge in [-0.3, -0.25) is 14.9 Å². The van der Waals surface area contributed by atoms with E-state index >= 15 is 0 Å². The number of carbonyl (C=O) groups is 1. The van der Waals surface area contributed by atoms with Gasteiger partial charge in [0.25, 0.3) is 5.69 Å². The van der Waals surface area contributed by atoms with Crippen molar-refractivity contribution >= 4 is 33.2 Å². The van der Waals surface area contributed by atoms with Crippen molar-refractivity contribution in [3.05, 3.63) is 32.8 Å². The fourth-order valence-corrected chi connectivity index (χ4v) is 5.83. The molecule has 5 nitrogen and oxygen atoms in total. The lowest BCUT2D eigenvalue weighted by Crippen LogP contribution is -2.51. The molecule has 1 amide bonds. The summed E-state index contributed by atoms with van der Waals surface area (Å²) in [6.07, 6.45) is 6.93.